The summed E-state index contributed by atoms with van der Waals surface area (Å²) in [5.41, 5.74) is 26.9. The minimum Gasteiger partial charge on any atom is -0.345 e. The van der Waals surface area contributed by atoms with E-state index in [1.807, 2.05) is 68.1 Å². The second-order valence-corrected chi connectivity index (χ2v) is 42.8. The lowest BCUT2D eigenvalue weighted by molar-refractivity contribution is -0.124. The monoisotopic (exact) mass is 2080 g/mol. The maximum absolute atomic E-state index is 14.9. The van der Waals surface area contributed by atoms with Gasteiger partial charge in [-0.25, -0.2) is 0 Å². The van der Waals surface area contributed by atoms with E-state index in [9.17, 15) is 19.2 Å². The molecule has 0 unspecified atom stereocenters. The molecule has 0 aromatic heterocycles. The van der Waals surface area contributed by atoms with Crippen molar-refractivity contribution in [2.75, 3.05) is 43.0 Å². The van der Waals surface area contributed by atoms with Gasteiger partial charge in [-0.1, -0.05) is 463 Å². The van der Waals surface area contributed by atoms with E-state index in [1.165, 1.54) is 217 Å². The van der Waals surface area contributed by atoms with Gasteiger partial charge in [-0.3, -0.25) is 19.2 Å². The van der Waals surface area contributed by atoms with Gasteiger partial charge in [-0.05, 0) is 249 Å². The van der Waals surface area contributed by atoms with Crippen LogP contribution >= 0.6 is 31.9 Å². The molecule has 14 rings (SSSR count). The van der Waals surface area contributed by atoms with Gasteiger partial charge in [0.2, 0.25) is 0 Å². The first kappa shape index (κ1) is 115. The van der Waals surface area contributed by atoms with E-state index in [1.54, 1.807) is 0 Å². The van der Waals surface area contributed by atoms with E-state index in [-0.39, 0.29) is 31.1 Å². The molecule has 0 aliphatic carbocycles. The Morgan fingerprint density at radius 1 is 0.214 bits per heavy atom. The van der Waals surface area contributed by atoms with Gasteiger partial charge in [0, 0.05) is 70.6 Å². The average molecular weight is 2080 g/mol. The van der Waals surface area contributed by atoms with Gasteiger partial charge >= 0.3 is 0 Å². The Bertz CT molecular complexity index is 5510. The summed E-state index contributed by atoms with van der Waals surface area (Å²) in [6.45, 7) is 22.4. The summed E-state index contributed by atoms with van der Waals surface area (Å²) in [7, 11) is 2.15. The maximum atomic E-state index is 14.9. The molecule has 12 heteroatoms. The number of amides is 4. The van der Waals surface area contributed by atoms with Crippen LogP contribution in [0.4, 0.5) is 28.4 Å². The maximum Gasteiger partial charge on any atom is 0.261 e. The van der Waals surface area contributed by atoms with Crippen LogP contribution < -0.4 is 9.80 Å². The zero-order valence-electron chi connectivity index (χ0n) is 89.5. The Morgan fingerprint density at radius 2 is 0.393 bits per heavy atom. The highest BCUT2D eigenvalue weighted by Gasteiger charge is 2.50. The van der Waals surface area contributed by atoms with Crippen LogP contribution in [0.15, 0.2) is 274 Å². The molecule has 4 aliphatic rings. The van der Waals surface area contributed by atoms with E-state index in [4.69, 9.17) is 0 Å². The van der Waals surface area contributed by atoms with Crippen LogP contribution in [0.2, 0.25) is 0 Å². The van der Waals surface area contributed by atoms with Crippen LogP contribution in [0.3, 0.4) is 0 Å². The number of rotatable bonds is 61. The number of benzene rings is 10. The minimum absolute atomic E-state index is 0. The lowest BCUT2D eigenvalue weighted by Gasteiger charge is -2.28. The molecule has 4 amide bonds. The van der Waals surface area contributed by atoms with Crippen molar-refractivity contribution in [2.24, 2.45) is 0 Å². The fourth-order valence-corrected chi connectivity index (χ4v) is 21.3. The van der Waals surface area contributed by atoms with Crippen LogP contribution in [-0.4, -0.2) is 76.5 Å². The normalized spacial score (nSPS) is 13.4. The molecule has 0 spiro atoms. The van der Waals surface area contributed by atoms with E-state index in [0.717, 1.165) is 211 Å². The molecule has 0 radical (unpaired) electrons. The Balaban J connectivity index is 0.000000229. The van der Waals surface area contributed by atoms with E-state index in [0.29, 0.717) is 48.5 Å². The third-order valence-electron chi connectivity index (χ3n) is 29.4. The first-order valence-electron chi connectivity index (χ1n) is 56.5. The predicted octanol–water partition coefficient (Wildman–Crippen LogP) is 37.5. The van der Waals surface area contributed by atoms with Gasteiger partial charge in [-0.2, -0.15) is 0 Å². The number of anilines is 5. The molecule has 774 valence electrons. The standard InChI is InChI=1S/C66H86N4O2.C36H50.C30H34Br2N2O2.CH4/c1-7-11-15-19-21-23-27-52-31-39-56(40-32-52)67(6)57-45-47-60(48-46-57)70(58-41-33-53(34-42-58)28-24-22-20-16-12-8-2)59-43-37-55(38-44-59)64-62-61(65(71)69(64)50-26-18-14-10-4)63(54-35-29-51(5)30-36-54)68(66(62)72)49-25-17-13-9-3;1-3-5-7-9-11-13-15-31-17-21-33(22-18-31)29-35-25-27-36(28-26-35)30-34-23-19-32(20-24-34)16-14-12-10-8-6-4-2;1-3-5-7-9-19-33-27(21-11-15-23(31)16-12-21)25-26(29(33)35)28(22-13-17-24(32)18-14-22)34(30(25)36)20-10-8-6-4-2;/h29-48H,7-28,49-50H2,1-6H3;17-28H,3-16,29-30H2,1-2H3;11-18H,3-10,19-20H2,1-2H3;1H4. The fraction of sp³-hybridized carbons (Fsp3) is 0.459. The topological polar surface area (TPSA) is 87.7 Å². The van der Waals surface area contributed by atoms with Crippen molar-refractivity contribution in [3.05, 3.63) is 346 Å². The first-order valence-corrected chi connectivity index (χ1v) is 58.1. The quantitative estimate of drug-likeness (QED) is 0.0353. The van der Waals surface area contributed by atoms with E-state index in [2.05, 4.69) is 305 Å². The van der Waals surface area contributed by atoms with Crippen molar-refractivity contribution < 1.29 is 19.2 Å². The van der Waals surface area contributed by atoms with Crippen molar-refractivity contribution in [1.82, 2.24) is 19.6 Å². The van der Waals surface area contributed by atoms with Crippen LogP contribution in [0, 0.1) is 6.92 Å². The van der Waals surface area contributed by atoms with Crippen molar-refractivity contribution in [1.29, 1.82) is 0 Å². The lowest BCUT2D eigenvalue weighted by atomic mass is 9.98. The number of carbonyl (C=O) groups excluding carboxylic acids is 4. The second kappa shape index (κ2) is 62.7. The third kappa shape index (κ3) is 33.8. The number of hydrogen-bond donors (Lipinski definition) is 0. The molecule has 0 saturated heterocycles. The number of carbonyl (C=O) groups is 4. The van der Waals surface area contributed by atoms with Gasteiger partial charge in [-0.15, -0.1) is 0 Å². The highest BCUT2D eigenvalue weighted by atomic mass is 79.9. The van der Waals surface area contributed by atoms with Crippen molar-refractivity contribution >= 4 is 107 Å². The van der Waals surface area contributed by atoms with Gasteiger partial charge in [0.25, 0.3) is 23.6 Å². The van der Waals surface area contributed by atoms with Crippen molar-refractivity contribution in [3.8, 4) is 0 Å². The molecule has 10 aromatic rings. The number of hydrogen-bond acceptors (Lipinski definition) is 6. The molecule has 4 aliphatic heterocycles. The average Bonchev–Trinajstić information content (AvgIpc) is 1.56. The van der Waals surface area contributed by atoms with Gasteiger partial charge in [0.05, 0.1) is 45.1 Å². The number of nitrogens with zero attached hydrogens (tertiary/aromatic N) is 6. The number of aryl methyl sites for hydroxylation is 5. The van der Waals surface area contributed by atoms with Crippen LogP contribution in [0.5, 0.6) is 0 Å². The number of fused-ring (bicyclic) bond motifs is 2. The SMILES string of the molecule is C.CCCCCCCCc1ccc(Cc2ccc(Cc3ccc(CCCCCCCC)cc3)cc2)cc1.CCCCCCCCc1ccc(N(C)c2ccc(N(c3ccc(CCCCCCCC)cc3)c3ccc(C4=C5C(=O)N(CCCCCC)C(c6ccc(C)cc6)=C5C(=O)N4CCCCCC)cc3)cc2)cc1.CCCCCCN1C(=O)C2=C(c3ccc(Br)cc3)N(CCCCCC)C(=O)C2=C1c1ccc(Br)cc1. The van der Waals surface area contributed by atoms with Crippen LogP contribution in [0.1, 0.15) is 392 Å². The molecule has 0 fully saturated rings. The Kier molecular flexibility index (Phi) is 49.7. The third-order valence-corrected chi connectivity index (χ3v) is 30.5. The largest absolute Gasteiger partial charge is 0.345 e. The molecule has 10 aromatic carbocycles. The summed E-state index contributed by atoms with van der Waals surface area (Å²) >= 11 is 7.04. The van der Waals surface area contributed by atoms with Crippen LogP contribution in [-0.2, 0) is 57.7 Å². The molecule has 4 heterocycles. The molecule has 0 atom stereocenters. The van der Waals surface area contributed by atoms with Gasteiger partial charge in [0.15, 0.2) is 0 Å². The Hall–Kier alpha value is -10.4. The summed E-state index contributed by atoms with van der Waals surface area (Å²) in [5, 5.41) is 0. The zero-order chi connectivity index (χ0) is 102. The number of unbranched alkanes of at least 4 members (excludes halogenated alkanes) is 32. The highest BCUT2D eigenvalue weighted by Crippen LogP contribution is 2.50. The van der Waals surface area contributed by atoms with E-state index >= 15 is 0 Å². The predicted molar refractivity (Wildman–Crippen MR) is 626 cm³/mol. The zero-order valence-corrected chi connectivity index (χ0v) is 92.7. The fourth-order valence-electron chi connectivity index (χ4n) is 20.8. The molecule has 0 bridgehead atoms. The summed E-state index contributed by atoms with van der Waals surface area (Å²) in [4.78, 5) is 70.1. The summed E-state index contributed by atoms with van der Waals surface area (Å²) in [5.74, 6) is -0.224. The van der Waals surface area contributed by atoms with Gasteiger partial charge in [0.1, 0.15) is 0 Å². The van der Waals surface area contributed by atoms with Crippen molar-refractivity contribution in [3.63, 3.8) is 0 Å². The molecular weight excluding hydrogens is 1910 g/mol. The van der Waals surface area contributed by atoms with Crippen LogP contribution in [0.25, 0.3) is 22.8 Å². The second-order valence-electron chi connectivity index (χ2n) is 41.0. The Morgan fingerprint density at radius 3 is 0.641 bits per heavy atom. The van der Waals surface area contributed by atoms with E-state index < -0.39 is 0 Å². The van der Waals surface area contributed by atoms with Gasteiger partial charge < -0.3 is 29.4 Å². The smallest absolute Gasteiger partial charge is 0.261 e. The lowest BCUT2D eigenvalue weighted by Crippen LogP contribution is -2.31. The molecule has 145 heavy (non-hydrogen) atoms. The molecule has 10 nitrogen and oxygen atoms in total. The number of halogens is 2. The summed E-state index contributed by atoms with van der Waals surface area (Å²) in [6.07, 6.45) is 55.6. The minimum atomic E-state index is -0.0580. The van der Waals surface area contributed by atoms with Crippen molar-refractivity contribution in [2.45, 2.75) is 365 Å². The first-order chi connectivity index (χ1) is 70.5. The molecular formula is C133H174Br2N6O4. The summed E-state index contributed by atoms with van der Waals surface area (Å²) < 4.78 is 1.94. The summed E-state index contributed by atoms with van der Waals surface area (Å²) in [6, 6.07) is 87.9. The molecule has 0 saturated carbocycles. The highest BCUT2D eigenvalue weighted by molar-refractivity contribution is 9.10. The Labute approximate surface area is 893 Å². The molecule has 0 N–H and O–H groups in total.